The molecule has 0 bridgehead atoms. The van der Waals surface area contributed by atoms with Gasteiger partial charge in [-0.15, -0.1) is 13.1 Å². The molecule has 0 radical (unpaired) electrons. The molecule has 0 fully saturated rings. The molecule has 25 heavy (non-hydrogen) atoms. The third-order valence-electron chi connectivity index (χ3n) is 3.26. The van der Waals surface area contributed by atoms with Crippen LogP contribution >= 0.6 is 23.5 Å². The Morgan fingerprint density at radius 2 is 1.28 bits per heavy atom. The van der Waals surface area contributed by atoms with Crippen LogP contribution in [0.3, 0.4) is 0 Å². The van der Waals surface area contributed by atoms with Crippen molar-refractivity contribution in [1.29, 1.82) is 0 Å². The maximum Gasteiger partial charge on any atom is 1.00 e. The molecular weight excluding hydrogens is 337 g/mol. The van der Waals surface area contributed by atoms with Gasteiger partial charge >= 0.3 is 18.9 Å². The average molecular weight is 362 g/mol. The molecule has 4 heteroatoms. The molecule has 0 saturated carbocycles. The topological polar surface area (TPSA) is 14.1 Å². The second-order valence-corrected chi connectivity index (χ2v) is 7.19. The number of thioether (sulfide) groups is 2. The molecule has 0 heterocycles. The van der Waals surface area contributed by atoms with Gasteiger partial charge in [0.2, 0.25) is 0 Å². The fourth-order valence-electron chi connectivity index (χ4n) is 2.01. The third kappa shape index (κ3) is 11.4. The fraction of sp³-hybridized carbons (Fsp3) is 0.238. The van der Waals surface area contributed by atoms with Crippen molar-refractivity contribution < 1.29 is 18.9 Å². The van der Waals surface area contributed by atoms with E-state index in [2.05, 4.69) is 76.8 Å². The largest absolute Gasteiger partial charge is 1.00 e. The number of benzene rings is 2. The van der Waals surface area contributed by atoms with Crippen molar-refractivity contribution in [2.24, 2.45) is 0 Å². The summed E-state index contributed by atoms with van der Waals surface area (Å²) in [5.74, 6) is 0. The molecule has 0 unspecified atom stereocenters. The molecule has 0 aliphatic rings. The van der Waals surface area contributed by atoms with E-state index in [-0.39, 0.29) is 18.9 Å². The van der Waals surface area contributed by atoms with Gasteiger partial charge in [0.25, 0.3) is 0 Å². The van der Waals surface area contributed by atoms with Crippen molar-refractivity contribution in [3.63, 3.8) is 0 Å². The molecule has 0 aliphatic heterocycles. The van der Waals surface area contributed by atoms with E-state index in [0.717, 1.165) is 19.5 Å². The van der Waals surface area contributed by atoms with Crippen LogP contribution < -0.4 is 18.9 Å². The van der Waals surface area contributed by atoms with Gasteiger partial charge in [0.1, 0.15) is 0 Å². The van der Waals surface area contributed by atoms with E-state index >= 15 is 0 Å². The smallest absolute Gasteiger partial charge is 0.659 e. The van der Waals surface area contributed by atoms with Crippen LogP contribution in [-0.2, 0) is 0 Å². The monoisotopic (exact) mass is 361 g/mol. The Morgan fingerprint density at radius 1 is 0.720 bits per heavy atom. The van der Waals surface area contributed by atoms with Crippen molar-refractivity contribution in [3.8, 4) is 0 Å². The zero-order valence-electron chi connectivity index (χ0n) is 14.9. The summed E-state index contributed by atoms with van der Waals surface area (Å²) < 4.78 is 0. The molecule has 0 spiro atoms. The standard InChI is InChI=1S/C21H24NS2.Li/c1(2-10-18-23-20-12-5-3-6-13-20)9-16-22-17-11-19-24-21-14-7-4-8-15-21;/h3-8,10-15,18-19H,1-2,9,16-17H2;/q-1;+1/b18-10+,19-11+;. The summed E-state index contributed by atoms with van der Waals surface area (Å²) in [7, 11) is 0. The van der Waals surface area contributed by atoms with Gasteiger partial charge in [-0.05, 0) is 41.5 Å². The van der Waals surface area contributed by atoms with Crippen molar-refractivity contribution >= 4 is 23.5 Å². The van der Waals surface area contributed by atoms with E-state index in [1.54, 1.807) is 23.5 Å². The third-order valence-corrected chi connectivity index (χ3v) is 5.00. The first kappa shape index (κ1) is 22.2. The Kier molecular flexibility index (Phi) is 13.7. The molecule has 1 nitrogen and oxygen atoms in total. The van der Waals surface area contributed by atoms with Gasteiger partial charge in [-0.2, -0.15) is 0 Å². The maximum absolute atomic E-state index is 4.54. The summed E-state index contributed by atoms with van der Waals surface area (Å²) in [6.45, 7) is 1.78. The van der Waals surface area contributed by atoms with E-state index in [0.29, 0.717) is 0 Å². The van der Waals surface area contributed by atoms with Crippen LogP contribution in [0.2, 0.25) is 0 Å². The zero-order chi connectivity index (χ0) is 16.7. The van der Waals surface area contributed by atoms with Crippen LogP contribution in [0.15, 0.2) is 93.4 Å². The second-order valence-electron chi connectivity index (χ2n) is 5.23. The van der Waals surface area contributed by atoms with Gasteiger partial charge < -0.3 is 5.32 Å². The minimum absolute atomic E-state index is 0. The number of hydrogen-bond donors (Lipinski definition) is 0. The molecular formula is C21H24LiNS2. The molecule has 0 aromatic heterocycles. The van der Waals surface area contributed by atoms with Gasteiger partial charge in [0, 0.05) is 9.79 Å². The van der Waals surface area contributed by atoms with Gasteiger partial charge in [-0.25, -0.2) is 0 Å². The first-order valence-electron chi connectivity index (χ1n) is 8.32. The summed E-state index contributed by atoms with van der Waals surface area (Å²) >= 11 is 3.52. The van der Waals surface area contributed by atoms with Crippen LogP contribution in [0.1, 0.15) is 19.3 Å². The van der Waals surface area contributed by atoms with Crippen LogP contribution in [0.5, 0.6) is 0 Å². The number of rotatable bonds is 11. The van der Waals surface area contributed by atoms with E-state index in [1.807, 2.05) is 12.1 Å². The van der Waals surface area contributed by atoms with Crippen LogP contribution in [0.4, 0.5) is 0 Å². The van der Waals surface area contributed by atoms with E-state index in [9.17, 15) is 0 Å². The Hall–Kier alpha value is -0.823. The molecule has 0 saturated heterocycles. The summed E-state index contributed by atoms with van der Waals surface area (Å²) in [5.41, 5.74) is 0. The average Bonchev–Trinajstić information content (AvgIpc) is 2.64. The molecule has 0 aliphatic carbocycles. The van der Waals surface area contributed by atoms with Crippen LogP contribution in [-0.4, -0.2) is 13.1 Å². The first-order valence-corrected chi connectivity index (χ1v) is 10.1. The predicted octanol–water partition coefficient (Wildman–Crippen LogP) is 4.15. The number of unbranched alkanes of at least 4 members (excludes halogenated alkanes) is 2. The van der Waals surface area contributed by atoms with Crippen molar-refractivity contribution in [1.82, 2.24) is 0 Å². The molecule has 126 valence electrons. The normalized spacial score (nSPS) is 11.0. The molecule has 0 atom stereocenters. The Labute approximate surface area is 172 Å². The second kappa shape index (κ2) is 15.4. The van der Waals surface area contributed by atoms with Gasteiger partial charge in [-0.3, -0.25) is 0 Å². The van der Waals surface area contributed by atoms with Gasteiger partial charge in [0.15, 0.2) is 0 Å². The van der Waals surface area contributed by atoms with Gasteiger partial charge in [0.05, 0.1) is 0 Å². The van der Waals surface area contributed by atoms with Gasteiger partial charge in [-0.1, -0.05) is 84.9 Å². The van der Waals surface area contributed by atoms with Crippen molar-refractivity contribution in [2.45, 2.75) is 29.1 Å². The Morgan fingerprint density at radius 3 is 1.88 bits per heavy atom. The molecule has 2 aromatic carbocycles. The fourth-order valence-corrected chi connectivity index (χ4v) is 3.37. The quantitative estimate of drug-likeness (QED) is 0.339. The van der Waals surface area contributed by atoms with Crippen molar-refractivity contribution in [2.75, 3.05) is 13.1 Å². The van der Waals surface area contributed by atoms with E-state index in [1.165, 1.54) is 22.6 Å². The van der Waals surface area contributed by atoms with Crippen LogP contribution in [0.25, 0.3) is 5.32 Å². The van der Waals surface area contributed by atoms with E-state index in [4.69, 9.17) is 0 Å². The summed E-state index contributed by atoms with van der Waals surface area (Å²) in [4.78, 5) is 2.57. The number of nitrogens with zero attached hydrogens (tertiary/aromatic N) is 1. The molecule has 0 N–H and O–H groups in total. The summed E-state index contributed by atoms with van der Waals surface area (Å²) in [6, 6.07) is 20.9. The van der Waals surface area contributed by atoms with E-state index < -0.39 is 0 Å². The maximum atomic E-state index is 4.54. The SMILES string of the molecule is C(=C\Sc1ccccc1)/CCCC[N-]C/C=C/Sc1ccccc1.[Li+]. The minimum Gasteiger partial charge on any atom is -0.659 e. The number of allylic oxidation sites excluding steroid dienone is 1. The van der Waals surface area contributed by atoms with Crippen molar-refractivity contribution in [3.05, 3.63) is 88.9 Å². The Bertz CT molecular complexity index is 544. The minimum atomic E-state index is 0. The van der Waals surface area contributed by atoms with Crippen LogP contribution in [0, 0.1) is 0 Å². The zero-order valence-corrected chi connectivity index (χ0v) is 16.5. The molecule has 2 rings (SSSR count). The Balaban J connectivity index is 0.00000312. The summed E-state index contributed by atoms with van der Waals surface area (Å²) in [6.07, 6.45) is 7.90. The number of hydrogen-bond acceptors (Lipinski definition) is 2. The summed E-state index contributed by atoms with van der Waals surface area (Å²) in [5, 5.41) is 8.86. The first-order chi connectivity index (χ1) is 11.9. The molecule has 2 aromatic rings. The predicted molar refractivity (Wildman–Crippen MR) is 110 cm³/mol. The molecule has 0 amide bonds.